The lowest BCUT2D eigenvalue weighted by Crippen LogP contribution is -2.34. The SMILES string of the molecule is Cc1ccc(/C=C/C(c2ccc(C)cc2)[P+](c2ccccc2)(c2ccccc2)c2ccccc2)cc1. The van der Waals surface area contributed by atoms with Crippen molar-refractivity contribution in [2.24, 2.45) is 0 Å². The Morgan fingerprint density at radius 2 is 0.861 bits per heavy atom. The summed E-state index contributed by atoms with van der Waals surface area (Å²) < 4.78 is 0. The van der Waals surface area contributed by atoms with Gasteiger partial charge in [0.2, 0.25) is 0 Å². The molecule has 0 aliphatic carbocycles. The van der Waals surface area contributed by atoms with Crippen LogP contribution in [0, 0.1) is 13.8 Å². The van der Waals surface area contributed by atoms with Crippen molar-refractivity contribution in [2.45, 2.75) is 19.5 Å². The maximum absolute atomic E-state index is 2.45. The third-order valence-corrected chi connectivity index (χ3v) is 11.5. The number of rotatable bonds is 7. The van der Waals surface area contributed by atoms with E-state index in [1.54, 1.807) is 0 Å². The van der Waals surface area contributed by atoms with E-state index in [-0.39, 0.29) is 5.66 Å². The van der Waals surface area contributed by atoms with Crippen LogP contribution < -0.4 is 15.9 Å². The van der Waals surface area contributed by atoms with Crippen LogP contribution in [0.25, 0.3) is 6.08 Å². The first-order valence-corrected chi connectivity index (χ1v) is 14.4. The maximum Gasteiger partial charge on any atom is 0.127 e. The molecule has 0 amide bonds. The van der Waals surface area contributed by atoms with Crippen molar-refractivity contribution >= 4 is 29.3 Å². The molecule has 0 N–H and O–H groups in total. The van der Waals surface area contributed by atoms with Crippen molar-refractivity contribution < 1.29 is 0 Å². The van der Waals surface area contributed by atoms with Gasteiger partial charge in [0.15, 0.2) is 0 Å². The molecule has 1 atom stereocenters. The third kappa shape index (κ3) is 4.83. The fourth-order valence-corrected chi connectivity index (χ4v) is 9.77. The summed E-state index contributed by atoms with van der Waals surface area (Å²) in [6.45, 7) is 4.30. The second-order valence-corrected chi connectivity index (χ2v) is 12.9. The van der Waals surface area contributed by atoms with E-state index in [0.29, 0.717) is 0 Å². The standard InChI is InChI=1S/C35H32P/c1-28-18-22-30(23-19-28)24-27-35(31-25-20-29(2)21-26-31)36(32-12-6-3-7-13-32,33-14-8-4-9-15-33)34-16-10-5-11-17-34/h3-27,35H,1-2H3/q+1/b27-24+. The van der Waals surface area contributed by atoms with Crippen LogP contribution in [-0.4, -0.2) is 0 Å². The van der Waals surface area contributed by atoms with E-state index in [9.17, 15) is 0 Å². The van der Waals surface area contributed by atoms with Crippen molar-refractivity contribution in [1.82, 2.24) is 0 Å². The molecule has 5 rings (SSSR count). The molecule has 0 aromatic heterocycles. The van der Waals surface area contributed by atoms with Crippen LogP contribution in [0.2, 0.25) is 0 Å². The smallest absolute Gasteiger partial charge is 0.0620 e. The summed E-state index contributed by atoms with van der Waals surface area (Å²) in [5.74, 6) is 0. The van der Waals surface area contributed by atoms with Gasteiger partial charge in [0.05, 0.1) is 0 Å². The molecular weight excluding hydrogens is 451 g/mol. The highest BCUT2D eigenvalue weighted by atomic mass is 31.2. The van der Waals surface area contributed by atoms with Crippen molar-refractivity contribution in [3.05, 3.63) is 168 Å². The lowest BCUT2D eigenvalue weighted by atomic mass is 10.1. The molecule has 0 spiro atoms. The number of hydrogen-bond acceptors (Lipinski definition) is 0. The molecule has 0 nitrogen and oxygen atoms in total. The van der Waals surface area contributed by atoms with Gasteiger partial charge >= 0.3 is 0 Å². The molecule has 0 fully saturated rings. The van der Waals surface area contributed by atoms with Crippen LogP contribution >= 0.6 is 7.26 Å². The molecule has 0 saturated heterocycles. The summed E-state index contributed by atoms with van der Waals surface area (Å²) in [7, 11) is -2.13. The fourth-order valence-electron chi connectivity index (χ4n) is 5.03. The van der Waals surface area contributed by atoms with Crippen molar-refractivity contribution in [3.63, 3.8) is 0 Å². The molecule has 176 valence electrons. The van der Waals surface area contributed by atoms with Gasteiger partial charge in [0.1, 0.15) is 28.8 Å². The minimum atomic E-state index is -2.13. The van der Waals surface area contributed by atoms with Crippen molar-refractivity contribution in [3.8, 4) is 0 Å². The van der Waals surface area contributed by atoms with E-state index in [4.69, 9.17) is 0 Å². The van der Waals surface area contributed by atoms with Gasteiger partial charge in [-0.05, 0) is 67.4 Å². The molecule has 0 saturated carbocycles. The first-order valence-electron chi connectivity index (χ1n) is 12.5. The van der Waals surface area contributed by atoms with E-state index < -0.39 is 7.26 Å². The second kappa shape index (κ2) is 10.9. The molecule has 0 bridgehead atoms. The van der Waals surface area contributed by atoms with Crippen LogP contribution in [0.4, 0.5) is 0 Å². The molecule has 1 unspecified atom stereocenters. The average Bonchev–Trinajstić information content (AvgIpc) is 2.94. The summed E-state index contributed by atoms with van der Waals surface area (Å²) in [5.41, 5.74) is 5.30. The fraction of sp³-hybridized carbons (Fsp3) is 0.0857. The van der Waals surface area contributed by atoms with E-state index in [1.165, 1.54) is 38.2 Å². The van der Waals surface area contributed by atoms with E-state index >= 15 is 0 Å². The molecule has 36 heavy (non-hydrogen) atoms. The van der Waals surface area contributed by atoms with Gasteiger partial charge in [-0.25, -0.2) is 0 Å². The highest BCUT2D eigenvalue weighted by Crippen LogP contribution is 2.67. The Balaban J connectivity index is 1.84. The van der Waals surface area contributed by atoms with Crippen molar-refractivity contribution in [1.29, 1.82) is 0 Å². The van der Waals surface area contributed by atoms with Gasteiger partial charge < -0.3 is 0 Å². The number of hydrogen-bond donors (Lipinski definition) is 0. The van der Waals surface area contributed by atoms with Gasteiger partial charge in [-0.3, -0.25) is 0 Å². The Kier molecular flexibility index (Phi) is 7.26. The third-order valence-electron chi connectivity index (χ3n) is 6.87. The molecule has 5 aromatic rings. The van der Waals surface area contributed by atoms with Gasteiger partial charge in [0.25, 0.3) is 0 Å². The van der Waals surface area contributed by atoms with Gasteiger partial charge in [-0.15, -0.1) is 0 Å². The van der Waals surface area contributed by atoms with Crippen LogP contribution in [0.5, 0.6) is 0 Å². The lowest BCUT2D eigenvalue weighted by molar-refractivity contribution is 1.20. The molecule has 5 aromatic carbocycles. The zero-order valence-electron chi connectivity index (χ0n) is 21.0. The summed E-state index contributed by atoms with van der Waals surface area (Å²) in [6, 6.07) is 51.4. The quantitative estimate of drug-likeness (QED) is 0.205. The Hall–Kier alpha value is -3.73. The first-order chi connectivity index (χ1) is 17.7. The lowest BCUT2D eigenvalue weighted by Gasteiger charge is -2.34. The van der Waals surface area contributed by atoms with E-state index in [1.807, 2.05) is 0 Å². The minimum Gasteiger partial charge on any atom is -0.0620 e. The topological polar surface area (TPSA) is 0 Å². The Labute approximate surface area is 216 Å². The number of allylic oxidation sites excluding steroid dienone is 1. The van der Waals surface area contributed by atoms with Crippen molar-refractivity contribution in [2.75, 3.05) is 0 Å². The van der Waals surface area contributed by atoms with Crippen LogP contribution in [0.15, 0.2) is 146 Å². The zero-order chi connectivity index (χ0) is 24.8. The van der Waals surface area contributed by atoms with Gasteiger partial charge in [-0.2, -0.15) is 0 Å². The highest BCUT2D eigenvalue weighted by molar-refractivity contribution is 7.96. The normalized spacial score (nSPS) is 12.5. The molecule has 0 aliphatic heterocycles. The van der Waals surface area contributed by atoms with Gasteiger partial charge in [0, 0.05) is 0 Å². The van der Waals surface area contributed by atoms with Crippen LogP contribution in [-0.2, 0) is 0 Å². The maximum atomic E-state index is 2.45. The zero-order valence-corrected chi connectivity index (χ0v) is 21.9. The largest absolute Gasteiger partial charge is 0.127 e. The molecule has 1 heteroatoms. The number of benzene rings is 5. The summed E-state index contributed by atoms with van der Waals surface area (Å²) >= 11 is 0. The van der Waals surface area contributed by atoms with Crippen LogP contribution in [0.1, 0.15) is 27.9 Å². The predicted molar refractivity (Wildman–Crippen MR) is 159 cm³/mol. The Morgan fingerprint density at radius 1 is 0.472 bits per heavy atom. The molecule has 0 heterocycles. The predicted octanol–water partition coefficient (Wildman–Crippen LogP) is 8.05. The average molecular weight is 484 g/mol. The van der Waals surface area contributed by atoms with E-state index in [0.717, 1.165) is 0 Å². The summed E-state index contributed by atoms with van der Waals surface area (Å²) in [5, 5.41) is 4.17. The molecule has 0 radical (unpaired) electrons. The first kappa shape index (κ1) is 24.0. The monoisotopic (exact) mass is 483 g/mol. The molecule has 0 aliphatic rings. The minimum absolute atomic E-state index is 0.173. The highest BCUT2D eigenvalue weighted by Gasteiger charge is 2.52. The molecular formula is C35H32P+. The number of aryl methyl sites for hydroxylation is 2. The Bertz CT molecular complexity index is 1310. The van der Waals surface area contributed by atoms with E-state index in [2.05, 4.69) is 166 Å². The van der Waals surface area contributed by atoms with Gasteiger partial charge in [-0.1, -0.05) is 120 Å². The summed E-state index contributed by atoms with van der Waals surface area (Å²) in [4.78, 5) is 0. The Morgan fingerprint density at radius 3 is 1.28 bits per heavy atom. The van der Waals surface area contributed by atoms with Crippen LogP contribution in [0.3, 0.4) is 0 Å². The summed E-state index contributed by atoms with van der Waals surface area (Å²) in [6.07, 6.45) is 4.77. The second-order valence-electron chi connectivity index (χ2n) is 9.35.